The molecule has 1 fully saturated rings. The average molecular weight is 538 g/mol. The summed E-state index contributed by atoms with van der Waals surface area (Å²) in [5.74, 6) is -2.08. The first-order valence-electron chi connectivity index (χ1n) is 11.8. The van der Waals surface area contributed by atoms with E-state index >= 15 is 0 Å². The van der Waals surface area contributed by atoms with Gasteiger partial charge in [0, 0.05) is 10.4 Å². The molecule has 3 aromatic carbocycles. The fourth-order valence-corrected chi connectivity index (χ4v) is 3.93. The van der Waals surface area contributed by atoms with Gasteiger partial charge in [0.1, 0.15) is 24.1 Å². The summed E-state index contributed by atoms with van der Waals surface area (Å²) >= 11 is 6.10. The van der Waals surface area contributed by atoms with E-state index in [1.807, 2.05) is 0 Å². The van der Waals surface area contributed by atoms with Crippen molar-refractivity contribution in [3.05, 3.63) is 70.7 Å². The quantitative estimate of drug-likeness (QED) is 0.335. The Balaban J connectivity index is 0.000000678. The highest BCUT2D eigenvalue weighted by Gasteiger charge is 2.31. The van der Waals surface area contributed by atoms with E-state index in [0.29, 0.717) is 16.0 Å². The molecule has 198 valence electrons. The number of fused-ring (bicyclic) bond motifs is 1. The second-order valence-electron chi connectivity index (χ2n) is 8.59. The van der Waals surface area contributed by atoms with E-state index in [4.69, 9.17) is 21.4 Å². The zero-order chi connectivity index (χ0) is 27.0. The number of hydrogen-bond acceptors (Lipinski definition) is 4. The number of halogens is 4. The van der Waals surface area contributed by atoms with Crippen LogP contribution in [0.15, 0.2) is 54.6 Å². The molecule has 1 aliphatic carbocycles. The van der Waals surface area contributed by atoms with Gasteiger partial charge < -0.3 is 19.9 Å². The molecule has 3 aromatic rings. The van der Waals surface area contributed by atoms with Crippen LogP contribution in [0.2, 0.25) is 5.02 Å². The number of benzene rings is 3. The van der Waals surface area contributed by atoms with Crippen LogP contribution in [0.1, 0.15) is 54.9 Å². The number of carboxylic acid groups (broad SMARTS) is 1. The van der Waals surface area contributed by atoms with Gasteiger partial charge in [-0.2, -0.15) is 0 Å². The molecule has 0 spiro atoms. The Morgan fingerprint density at radius 2 is 1.59 bits per heavy atom. The number of amides is 1. The van der Waals surface area contributed by atoms with Gasteiger partial charge in [0.15, 0.2) is 0 Å². The van der Waals surface area contributed by atoms with Crippen molar-refractivity contribution in [2.45, 2.75) is 58.0 Å². The van der Waals surface area contributed by atoms with Crippen molar-refractivity contribution in [1.29, 1.82) is 0 Å². The summed E-state index contributed by atoms with van der Waals surface area (Å²) < 4.78 is 46.7. The molecular weight excluding hydrogens is 511 g/mol. The number of ether oxygens (including phenoxy) is 2. The Hall–Kier alpha value is -3.46. The largest absolute Gasteiger partial charge is 0.573 e. The Kier molecular flexibility index (Phi) is 9.63. The van der Waals surface area contributed by atoms with Crippen molar-refractivity contribution in [2.75, 3.05) is 0 Å². The van der Waals surface area contributed by atoms with Gasteiger partial charge in [-0.05, 0) is 48.2 Å². The number of alkyl halides is 3. The lowest BCUT2D eigenvalue weighted by Gasteiger charge is -2.16. The molecule has 4 rings (SSSR count). The summed E-state index contributed by atoms with van der Waals surface area (Å²) in [5.41, 5.74) is 0.605. The lowest BCUT2D eigenvalue weighted by molar-refractivity contribution is -0.274. The van der Waals surface area contributed by atoms with Crippen LogP contribution >= 0.6 is 11.6 Å². The van der Waals surface area contributed by atoms with Crippen molar-refractivity contribution in [3.63, 3.8) is 0 Å². The minimum atomic E-state index is -4.80. The summed E-state index contributed by atoms with van der Waals surface area (Å²) in [6.45, 7) is 1.25. The Bertz CT molecular complexity index is 1220. The van der Waals surface area contributed by atoms with Crippen molar-refractivity contribution in [1.82, 2.24) is 5.32 Å². The van der Waals surface area contributed by atoms with Gasteiger partial charge in [-0.1, -0.05) is 68.0 Å². The van der Waals surface area contributed by atoms with Crippen molar-refractivity contribution >= 4 is 34.2 Å². The molecule has 10 heteroatoms. The van der Waals surface area contributed by atoms with Crippen molar-refractivity contribution < 1.29 is 37.3 Å². The SMILES string of the molecule is C1CCCC1.CC(NC(=O)c1ccc2ccc(Cl)cc2c1OCc1ccc(OC(F)(F)F)cc1)C(=O)O. The fourth-order valence-electron chi connectivity index (χ4n) is 3.76. The van der Waals surface area contributed by atoms with Crippen LogP contribution in [-0.2, 0) is 11.4 Å². The molecule has 0 heterocycles. The van der Waals surface area contributed by atoms with Crippen LogP contribution in [0.5, 0.6) is 11.5 Å². The molecule has 0 saturated heterocycles. The molecule has 1 aliphatic rings. The van der Waals surface area contributed by atoms with Gasteiger partial charge in [-0.3, -0.25) is 9.59 Å². The van der Waals surface area contributed by atoms with Gasteiger partial charge in [0.05, 0.1) is 5.56 Å². The highest BCUT2D eigenvalue weighted by Crippen LogP contribution is 2.33. The minimum absolute atomic E-state index is 0.0767. The predicted molar refractivity (Wildman–Crippen MR) is 134 cm³/mol. The van der Waals surface area contributed by atoms with Gasteiger partial charge in [-0.15, -0.1) is 13.2 Å². The van der Waals surface area contributed by atoms with E-state index in [-0.39, 0.29) is 23.7 Å². The maximum Gasteiger partial charge on any atom is 0.573 e. The molecular formula is C27H27ClF3NO5. The number of aliphatic carboxylic acids is 1. The van der Waals surface area contributed by atoms with Crippen LogP contribution in [0.3, 0.4) is 0 Å². The predicted octanol–water partition coefficient (Wildman–Crippen LogP) is 7.12. The van der Waals surface area contributed by atoms with Gasteiger partial charge in [0.25, 0.3) is 5.91 Å². The molecule has 1 unspecified atom stereocenters. The van der Waals surface area contributed by atoms with E-state index in [2.05, 4.69) is 10.1 Å². The third-order valence-electron chi connectivity index (χ3n) is 5.69. The monoisotopic (exact) mass is 537 g/mol. The molecule has 0 radical (unpaired) electrons. The highest BCUT2D eigenvalue weighted by atomic mass is 35.5. The molecule has 1 atom stereocenters. The molecule has 37 heavy (non-hydrogen) atoms. The fraction of sp³-hybridized carbons (Fsp3) is 0.333. The Morgan fingerprint density at radius 3 is 2.16 bits per heavy atom. The first-order valence-corrected chi connectivity index (χ1v) is 12.1. The lowest BCUT2D eigenvalue weighted by Crippen LogP contribution is -2.38. The van der Waals surface area contributed by atoms with E-state index in [0.717, 1.165) is 17.5 Å². The third-order valence-corrected chi connectivity index (χ3v) is 5.92. The number of carbonyl (C=O) groups excluding carboxylic acids is 1. The lowest BCUT2D eigenvalue weighted by atomic mass is 10.0. The highest BCUT2D eigenvalue weighted by molar-refractivity contribution is 6.31. The van der Waals surface area contributed by atoms with Crippen LogP contribution in [0.25, 0.3) is 10.8 Å². The van der Waals surface area contributed by atoms with Gasteiger partial charge >= 0.3 is 12.3 Å². The maximum absolute atomic E-state index is 12.7. The first kappa shape index (κ1) is 28.1. The van der Waals surface area contributed by atoms with Gasteiger partial charge in [0.2, 0.25) is 0 Å². The van der Waals surface area contributed by atoms with E-state index < -0.39 is 24.3 Å². The van der Waals surface area contributed by atoms with Crippen molar-refractivity contribution in [3.8, 4) is 11.5 Å². The van der Waals surface area contributed by atoms with E-state index in [9.17, 15) is 22.8 Å². The molecule has 0 aliphatic heterocycles. The number of rotatable bonds is 7. The number of carboxylic acids is 1. The first-order chi connectivity index (χ1) is 17.5. The topological polar surface area (TPSA) is 84.9 Å². The second-order valence-corrected chi connectivity index (χ2v) is 9.03. The molecule has 2 N–H and O–H groups in total. The summed E-state index contributed by atoms with van der Waals surface area (Å²) in [5, 5.41) is 13.1. The van der Waals surface area contributed by atoms with E-state index in [1.165, 1.54) is 57.2 Å². The number of hydrogen-bond donors (Lipinski definition) is 2. The Morgan fingerprint density at radius 1 is 1.00 bits per heavy atom. The van der Waals surface area contributed by atoms with Crippen LogP contribution < -0.4 is 14.8 Å². The standard InChI is InChI=1S/C22H17ClF3NO5.C5H10/c1-12(21(29)30)27-20(28)17-9-5-14-4-6-15(23)10-18(14)19(17)31-11-13-2-7-16(8-3-13)32-22(24,25)26;1-2-4-5-3-1/h2-10,12H,11H2,1H3,(H,27,28)(H,29,30);1-5H2. The molecule has 1 saturated carbocycles. The van der Waals surface area contributed by atoms with E-state index in [1.54, 1.807) is 24.3 Å². The van der Waals surface area contributed by atoms with Crippen molar-refractivity contribution in [2.24, 2.45) is 0 Å². The zero-order valence-electron chi connectivity index (χ0n) is 20.1. The summed E-state index contributed by atoms with van der Waals surface area (Å²) in [6, 6.07) is 12.1. The van der Waals surface area contributed by atoms with Crippen LogP contribution in [0.4, 0.5) is 13.2 Å². The molecule has 1 amide bonds. The summed E-state index contributed by atoms with van der Waals surface area (Å²) in [7, 11) is 0. The summed E-state index contributed by atoms with van der Waals surface area (Å²) in [6.07, 6.45) is 2.70. The Labute approximate surface area is 217 Å². The molecule has 0 aromatic heterocycles. The van der Waals surface area contributed by atoms with Gasteiger partial charge in [-0.25, -0.2) is 0 Å². The normalized spacial score (nSPS) is 13.9. The van der Waals surface area contributed by atoms with Crippen LogP contribution in [-0.4, -0.2) is 29.4 Å². The zero-order valence-corrected chi connectivity index (χ0v) is 20.9. The van der Waals surface area contributed by atoms with Crippen LogP contribution in [0, 0.1) is 0 Å². The maximum atomic E-state index is 12.7. The smallest absolute Gasteiger partial charge is 0.487 e. The number of nitrogens with one attached hydrogen (secondary N) is 1. The third kappa shape index (κ3) is 8.56. The summed E-state index contributed by atoms with van der Waals surface area (Å²) in [4.78, 5) is 23.8. The average Bonchev–Trinajstić information content (AvgIpc) is 3.42. The second kappa shape index (κ2) is 12.7. The minimum Gasteiger partial charge on any atom is -0.487 e. The molecule has 6 nitrogen and oxygen atoms in total. The number of carbonyl (C=O) groups is 2. The molecule has 0 bridgehead atoms.